The number of aromatic nitrogens is 5. The van der Waals surface area contributed by atoms with E-state index in [0.717, 1.165) is 6.07 Å². The molecule has 0 aliphatic heterocycles. The van der Waals surface area contributed by atoms with Gasteiger partial charge in [-0.05, 0) is 36.4 Å². The molecule has 1 N–H and O–H groups in total. The largest absolute Gasteiger partial charge is 0.433 e. The van der Waals surface area contributed by atoms with Gasteiger partial charge in [0.2, 0.25) is 5.82 Å². The average Bonchev–Trinajstić information content (AvgIpc) is 3.16. The van der Waals surface area contributed by atoms with Gasteiger partial charge >= 0.3 is 6.18 Å². The SMILES string of the molecule is C#Cc1cc(Nc2nc(-c3cccc(C(F)(F)F)n3)nn3cccc23)ccn1. The number of terminal acetylenes is 1. The summed E-state index contributed by atoms with van der Waals surface area (Å²) in [4.78, 5) is 12.0. The molecule has 0 radical (unpaired) electrons. The molecular formula is C19H11F3N6. The maximum atomic E-state index is 13.0. The van der Waals surface area contributed by atoms with Crippen LogP contribution in [0.2, 0.25) is 0 Å². The van der Waals surface area contributed by atoms with Crippen LogP contribution in [0.1, 0.15) is 11.4 Å². The number of nitrogens with one attached hydrogen (secondary N) is 1. The smallest absolute Gasteiger partial charge is 0.338 e. The first-order valence-corrected chi connectivity index (χ1v) is 8.04. The monoisotopic (exact) mass is 380 g/mol. The molecule has 0 aliphatic carbocycles. The minimum Gasteiger partial charge on any atom is -0.338 e. The number of hydrogen-bond donors (Lipinski definition) is 1. The third kappa shape index (κ3) is 3.35. The second-order valence-electron chi connectivity index (χ2n) is 5.73. The number of hydrogen-bond acceptors (Lipinski definition) is 5. The van der Waals surface area contributed by atoms with Crippen molar-refractivity contribution < 1.29 is 13.2 Å². The summed E-state index contributed by atoms with van der Waals surface area (Å²) in [5.41, 5.74) is 0.698. The van der Waals surface area contributed by atoms with Crippen LogP contribution in [0.4, 0.5) is 24.7 Å². The first kappa shape index (κ1) is 17.5. The van der Waals surface area contributed by atoms with Crippen molar-refractivity contribution in [3.05, 3.63) is 66.2 Å². The average molecular weight is 380 g/mol. The van der Waals surface area contributed by atoms with Gasteiger partial charge in [0.15, 0.2) is 5.82 Å². The second kappa shape index (κ2) is 6.66. The highest BCUT2D eigenvalue weighted by Crippen LogP contribution is 2.29. The lowest BCUT2D eigenvalue weighted by Gasteiger charge is -2.11. The maximum absolute atomic E-state index is 13.0. The molecule has 0 aromatic carbocycles. The lowest BCUT2D eigenvalue weighted by atomic mass is 10.3. The van der Waals surface area contributed by atoms with Gasteiger partial charge in [-0.15, -0.1) is 11.5 Å². The Morgan fingerprint density at radius 3 is 2.71 bits per heavy atom. The van der Waals surface area contributed by atoms with Crippen LogP contribution in [0.5, 0.6) is 0 Å². The van der Waals surface area contributed by atoms with E-state index in [0.29, 0.717) is 22.7 Å². The van der Waals surface area contributed by atoms with Crippen LogP contribution in [-0.4, -0.2) is 24.6 Å². The van der Waals surface area contributed by atoms with Crippen LogP contribution in [0.3, 0.4) is 0 Å². The summed E-state index contributed by atoms with van der Waals surface area (Å²) in [7, 11) is 0. The first-order valence-electron chi connectivity index (χ1n) is 8.04. The van der Waals surface area contributed by atoms with E-state index in [1.54, 1.807) is 36.7 Å². The third-order valence-corrected chi connectivity index (χ3v) is 3.83. The van der Waals surface area contributed by atoms with Gasteiger partial charge < -0.3 is 5.32 Å². The van der Waals surface area contributed by atoms with Crippen LogP contribution in [0.25, 0.3) is 17.0 Å². The fourth-order valence-corrected chi connectivity index (χ4v) is 2.58. The molecule has 0 spiro atoms. The highest BCUT2D eigenvalue weighted by atomic mass is 19.4. The van der Waals surface area contributed by atoms with Crippen LogP contribution in [0, 0.1) is 12.3 Å². The Bertz CT molecular complexity index is 1210. The van der Waals surface area contributed by atoms with Crippen molar-refractivity contribution >= 4 is 17.0 Å². The summed E-state index contributed by atoms with van der Waals surface area (Å²) in [5, 5.41) is 7.36. The van der Waals surface area contributed by atoms with Crippen molar-refractivity contribution in [1.29, 1.82) is 0 Å². The molecular weight excluding hydrogens is 369 g/mol. The lowest BCUT2D eigenvalue weighted by Crippen LogP contribution is -2.09. The zero-order valence-electron chi connectivity index (χ0n) is 14.1. The van der Waals surface area contributed by atoms with Gasteiger partial charge in [-0.2, -0.15) is 13.2 Å². The molecule has 4 aromatic rings. The molecule has 138 valence electrons. The molecule has 0 unspecified atom stereocenters. The first-order chi connectivity index (χ1) is 13.4. The molecule has 0 amide bonds. The summed E-state index contributed by atoms with van der Waals surface area (Å²) in [5.74, 6) is 2.87. The van der Waals surface area contributed by atoms with Crippen LogP contribution in [-0.2, 0) is 6.18 Å². The minimum absolute atomic E-state index is 0.00696. The standard InChI is InChI=1S/C19H11F3N6/c1-2-12-11-13(8-9-23-12)24-18-15-6-4-10-28(15)27-17(26-18)14-5-3-7-16(25-14)19(20,21)22/h1,3-11H,(H,23,24,26,27). The van der Waals surface area contributed by atoms with Crippen molar-refractivity contribution in [3.63, 3.8) is 0 Å². The number of rotatable bonds is 3. The highest BCUT2D eigenvalue weighted by molar-refractivity contribution is 5.75. The van der Waals surface area contributed by atoms with Crippen molar-refractivity contribution in [2.45, 2.75) is 6.18 Å². The Balaban J connectivity index is 1.81. The Kier molecular flexibility index (Phi) is 4.16. The van der Waals surface area contributed by atoms with E-state index in [4.69, 9.17) is 6.42 Å². The zero-order chi connectivity index (χ0) is 19.7. The molecule has 0 saturated carbocycles. The number of alkyl halides is 3. The fourth-order valence-electron chi connectivity index (χ4n) is 2.58. The molecule has 0 fully saturated rings. The van der Waals surface area contributed by atoms with Gasteiger partial charge in [-0.3, -0.25) is 0 Å². The number of anilines is 2. The van der Waals surface area contributed by atoms with Crippen LogP contribution in [0.15, 0.2) is 54.9 Å². The van der Waals surface area contributed by atoms with E-state index in [9.17, 15) is 13.2 Å². The molecule has 0 atom stereocenters. The number of nitrogens with zero attached hydrogens (tertiary/aromatic N) is 5. The predicted octanol–water partition coefficient (Wildman–Crippen LogP) is 3.93. The minimum atomic E-state index is -4.56. The van der Waals surface area contributed by atoms with Crippen molar-refractivity contribution in [1.82, 2.24) is 24.6 Å². The van der Waals surface area contributed by atoms with E-state index in [-0.39, 0.29) is 11.5 Å². The molecule has 28 heavy (non-hydrogen) atoms. The van der Waals surface area contributed by atoms with Gasteiger partial charge in [-0.25, -0.2) is 19.5 Å². The van der Waals surface area contributed by atoms with Crippen molar-refractivity contribution in [2.24, 2.45) is 0 Å². The van der Waals surface area contributed by atoms with Gasteiger partial charge in [0.25, 0.3) is 0 Å². The zero-order valence-corrected chi connectivity index (χ0v) is 14.1. The summed E-state index contributed by atoms with van der Waals surface area (Å²) >= 11 is 0. The highest BCUT2D eigenvalue weighted by Gasteiger charge is 2.32. The number of halogens is 3. The van der Waals surface area contributed by atoms with Gasteiger partial charge in [0.05, 0.1) is 0 Å². The molecule has 4 heterocycles. The molecule has 6 nitrogen and oxygen atoms in total. The van der Waals surface area contributed by atoms with E-state index in [2.05, 4.69) is 31.3 Å². The molecule has 0 aliphatic rings. The maximum Gasteiger partial charge on any atom is 0.433 e. The summed E-state index contributed by atoms with van der Waals surface area (Å²) in [6, 6.07) is 10.5. The van der Waals surface area contributed by atoms with Gasteiger partial charge in [0, 0.05) is 18.1 Å². The molecule has 9 heteroatoms. The van der Waals surface area contributed by atoms with E-state index >= 15 is 0 Å². The van der Waals surface area contributed by atoms with Crippen LogP contribution < -0.4 is 5.32 Å². The summed E-state index contributed by atoms with van der Waals surface area (Å²) in [6.45, 7) is 0. The topological polar surface area (TPSA) is 68.0 Å². The molecule has 4 aromatic heterocycles. The van der Waals surface area contributed by atoms with E-state index in [1.807, 2.05) is 0 Å². The molecule has 0 saturated heterocycles. The molecule has 4 rings (SSSR count). The predicted molar refractivity (Wildman–Crippen MR) is 96.7 cm³/mol. The quantitative estimate of drug-likeness (QED) is 0.546. The number of pyridine rings is 2. The van der Waals surface area contributed by atoms with Crippen molar-refractivity contribution in [2.75, 3.05) is 5.32 Å². The lowest BCUT2D eigenvalue weighted by molar-refractivity contribution is -0.141. The Morgan fingerprint density at radius 2 is 1.93 bits per heavy atom. The molecule has 0 bridgehead atoms. The van der Waals surface area contributed by atoms with E-state index < -0.39 is 11.9 Å². The third-order valence-electron chi connectivity index (χ3n) is 3.83. The van der Waals surface area contributed by atoms with Gasteiger partial charge in [-0.1, -0.05) is 12.0 Å². The second-order valence-corrected chi connectivity index (χ2v) is 5.73. The van der Waals surface area contributed by atoms with Crippen molar-refractivity contribution in [3.8, 4) is 23.9 Å². The Labute approximate surface area is 157 Å². The normalized spacial score (nSPS) is 11.4. The van der Waals surface area contributed by atoms with Gasteiger partial charge in [0.1, 0.15) is 22.6 Å². The van der Waals surface area contributed by atoms with E-state index in [1.165, 1.54) is 16.6 Å². The Morgan fingerprint density at radius 1 is 1.07 bits per heavy atom. The fraction of sp³-hybridized carbons (Fsp3) is 0.0526. The number of fused-ring (bicyclic) bond motifs is 1. The summed E-state index contributed by atoms with van der Waals surface area (Å²) in [6.07, 6.45) is 4.02. The summed E-state index contributed by atoms with van der Waals surface area (Å²) < 4.78 is 40.5. The van der Waals surface area contributed by atoms with Crippen LogP contribution >= 0.6 is 0 Å². The Hall–Kier alpha value is -3.93.